The lowest BCUT2D eigenvalue weighted by molar-refractivity contribution is 0.0535. The lowest BCUT2D eigenvalue weighted by atomic mass is 10.1. The number of amides is 2. The van der Waals surface area contributed by atoms with Crippen LogP contribution in [0, 0.1) is 0 Å². The molecule has 166 valence electrons. The highest BCUT2D eigenvalue weighted by atomic mass is 16.5. The Bertz CT molecular complexity index is 915. The molecule has 0 aliphatic carbocycles. The van der Waals surface area contributed by atoms with Crippen LogP contribution in [-0.2, 0) is 0 Å². The van der Waals surface area contributed by atoms with E-state index in [1.165, 1.54) is 0 Å². The smallest absolute Gasteiger partial charge is 0.254 e. The first kappa shape index (κ1) is 22.3. The first-order chi connectivity index (χ1) is 15.0. The molecule has 31 heavy (non-hydrogen) atoms. The van der Waals surface area contributed by atoms with E-state index in [4.69, 9.17) is 18.9 Å². The van der Waals surface area contributed by atoms with Crippen molar-refractivity contribution in [2.24, 2.45) is 0 Å². The van der Waals surface area contributed by atoms with Crippen LogP contribution in [0.2, 0.25) is 0 Å². The van der Waals surface area contributed by atoms with E-state index in [1.807, 2.05) is 6.92 Å². The van der Waals surface area contributed by atoms with Gasteiger partial charge >= 0.3 is 0 Å². The number of carbonyl (C=O) groups excluding carboxylic acids is 2. The second kappa shape index (κ2) is 10.1. The molecule has 0 saturated carbocycles. The van der Waals surface area contributed by atoms with Gasteiger partial charge in [-0.15, -0.1) is 0 Å². The number of benzene rings is 2. The van der Waals surface area contributed by atoms with Gasteiger partial charge in [0, 0.05) is 43.4 Å². The first-order valence-corrected chi connectivity index (χ1v) is 10.1. The van der Waals surface area contributed by atoms with E-state index < -0.39 is 0 Å². The molecule has 0 spiro atoms. The molecule has 0 aromatic heterocycles. The van der Waals surface area contributed by atoms with E-state index in [1.54, 1.807) is 67.5 Å². The van der Waals surface area contributed by atoms with E-state index in [-0.39, 0.29) is 11.8 Å². The van der Waals surface area contributed by atoms with Crippen LogP contribution in [0.5, 0.6) is 23.0 Å². The number of methoxy groups -OCH3 is 3. The quantitative estimate of drug-likeness (QED) is 0.675. The SMILES string of the molecule is CCOc1cc(C(=O)N2CCN(C(=O)c3cc(OC)cc(OC)c3)CC2)ccc1OC. The first-order valence-electron chi connectivity index (χ1n) is 10.1. The Balaban J connectivity index is 1.67. The molecule has 3 rings (SSSR count). The van der Waals surface area contributed by atoms with Crippen molar-refractivity contribution in [1.29, 1.82) is 0 Å². The molecular weight excluding hydrogens is 400 g/mol. The third kappa shape index (κ3) is 5.02. The van der Waals surface area contributed by atoms with E-state index in [2.05, 4.69) is 0 Å². The van der Waals surface area contributed by atoms with Crippen LogP contribution < -0.4 is 18.9 Å². The van der Waals surface area contributed by atoms with Gasteiger partial charge in [0.15, 0.2) is 11.5 Å². The molecule has 2 aromatic carbocycles. The normalized spacial score (nSPS) is 13.5. The van der Waals surface area contributed by atoms with Crippen LogP contribution in [0.15, 0.2) is 36.4 Å². The van der Waals surface area contributed by atoms with Gasteiger partial charge in [0.2, 0.25) is 0 Å². The largest absolute Gasteiger partial charge is 0.497 e. The molecule has 0 N–H and O–H groups in total. The number of nitrogens with zero attached hydrogens (tertiary/aromatic N) is 2. The highest BCUT2D eigenvalue weighted by Gasteiger charge is 2.26. The fraction of sp³-hybridized carbons (Fsp3) is 0.391. The van der Waals surface area contributed by atoms with Crippen molar-refractivity contribution in [2.75, 3.05) is 54.1 Å². The van der Waals surface area contributed by atoms with Crippen molar-refractivity contribution in [3.05, 3.63) is 47.5 Å². The monoisotopic (exact) mass is 428 g/mol. The Morgan fingerprint density at radius 2 is 1.29 bits per heavy atom. The summed E-state index contributed by atoms with van der Waals surface area (Å²) in [6.45, 7) is 4.13. The molecule has 0 bridgehead atoms. The van der Waals surface area contributed by atoms with E-state index in [0.29, 0.717) is 66.9 Å². The minimum Gasteiger partial charge on any atom is -0.497 e. The minimum absolute atomic E-state index is 0.0984. The number of ether oxygens (including phenoxy) is 4. The standard InChI is InChI=1S/C23H28N2O6/c1-5-31-21-14-16(6-7-20(21)30-4)22(26)24-8-10-25(11-9-24)23(27)17-12-18(28-2)15-19(13-17)29-3/h6-7,12-15H,5,8-11H2,1-4H3. The molecular formula is C23H28N2O6. The van der Waals surface area contributed by atoms with Gasteiger partial charge in [0.05, 0.1) is 27.9 Å². The van der Waals surface area contributed by atoms with Crippen LogP contribution in [0.1, 0.15) is 27.6 Å². The summed E-state index contributed by atoms with van der Waals surface area (Å²) >= 11 is 0. The van der Waals surface area contributed by atoms with Gasteiger partial charge in [-0.25, -0.2) is 0 Å². The molecule has 1 saturated heterocycles. The zero-order chi connectivity index (χ0) is 22.4. The van der Waals surface area contributed by atoms with Crippen molar-refractivity contribution in [1.82, 2.24) is 9.80 Å². The predicted octanol–water partition coefficient (Wildman–Crippen LogP) is 2.71. The summed E-state index contributed by atoms with van der Waals surface area (Å²) in [5, 5.41) is 0. The fourth-order valence-corrected chi connectivity index (χ4v) is 3.49. The van der Waals surface area contributed by atoms with Crippen LogP contribution in [0.3, 0.4) is 0 Å². The van der Waals surface area contributed by atoms with Gasteiger partial charge < -0.3 is 28.7 Å². The predicted molar refractivity (Wildman–Crippen MR) is 116 cm³/mol. The van der Waals surface area contributed by atoms with Gasteiger partial charge in [-0.3, -0.25) is 9.59 Å². The third-order valence-corrected chi connectivity index (χ3v) is 5.16. The fourth-order valence-electron chi connectivity index (χ4n) is 3.49. The molecule has 0 unspecified atom stereocenters. The van der Waals surface area contributed by atoms with Gasteiger partial charge in [-0.2, -0.15) is 0 Å². The molecule has 1 fully saturated rings. The van der Waals surface area contributed by atoms with E-state index in [0.717, 1.165) is 0 Å². The van der Waals surface area contributed by atoms with E-state index >= 15 is 0 Å². The summed E-state index contributed by atoms with van der Waals surface area (Å²) in [5.41, 5.74) is 1.02. The summed E-state index contributed by atoms with van der Waals surface area (Å²) in [5.74, 6) is 2.02. The highest BCUT2D eigenvalue weighted by Crippen LogP contribution is 2.29. The second-order valence-electron chi connectivity index (χ2n) is 6.98. The Morgan fingerprint density at radius 1 is 0.742 bits per heavy atom. The molecule has 2 aromatic rings. The summed E-state index contributed by atoms with van der Waals surface area (Å²) in [4.78, 5) is 29.4. The molecule has 0 atom stereocenters. The molecule has 2 amide bonds. The third-order valence-electron chi connectivity index (χ3n) is 5.16. The number of hydrogen-bond donors (Lipinski definition) is 0. The molecule has 1 aliphatic rings. The maximum Gasteiger partial charge on any atom is 0.254 e. The maximum atomic E-state index is 13.0. The van der Waals surface area contributed by atoms with Crippen LogP contribution >= 0.6 is 0 Å². The summed E-state index contributed by atoms with van der Waals surface area (Å²) in [6, 6.07) is 10.3. The topological polar surface area (TPSA) is 77.5 Å². The van der Waals surface area contributed by atoms with Crippen molar-refractivity contribution in [3.63, 3.8) is 0 Å². The summed E-state index contributed by atoms with van der Waals surface area (Å²) in [7, 11) is 4.65. The van der Waals surface area contributed by atoms with Gasteiger partial charge in [-0.05, 0) is 37.3 Å². The van der Waals surface area contributed by atoms with Crippen molar-refractivity contribution in [3.8, 4) is 23.0 Å². The summed E-state index contributed by atoms with van der Waals surface area (Å²) < 4.78 is 21.4. The van der Waals surface area contributed by atoms with Gasteiger partial charge in [0.25, 0.3) is 11.8 Å². The number of piperazine rings is 1. The average Bonchev–Trinajstić information content (AvgIpc) is 2.83. The maximum absolute atomic E-state index is 13.0. The Kier molecular flexibility index (Phi) is 7.23. The number of carbonyl (C=O) groups is 2. The molecule has 1 heterocycles. The van der Waals surface area contributed by atoms with E-state index in [9.17, 15) is 9.59 Å². The molecule has 1 aliphatic heterocycles. The van der Waals surface area contributed by atoms with Crippen molar-refractivity contribution < 1.29 is 28.5 Å². The number of hydrogen-bond acceptors (Lipinski definition) is 6. The van der Waals surface area contributed by atoms with Crippen LogP contribution in [0.25, 0.3) is 0 Å². The number of rotatable bonds is 7. The zero-order valence-electron chi connectivity index (χ0n) is 18.3. The van der Waals surface area contributed by atoms with Crippen molar-refractivity contribution in [2.45, 2.75) is 6.92 Å². The lowest BCUT2D eigenvalue weighted by Gasteiger charge is -2.35. The second-order valence-corrected chi connectivity index (χ2v) is 6.98. The average molecular weight is 428 g/mol. The van der Waals surface area contributed by atoms with Crippen molar-refractivity contribution >= 4 is 11.8 Å². The Labute approximate surface area is 182 Å². The minimum atomic E-state index is -0.118. The van der Waals surface area contributed by atoms with Crippen LogP contribution in [-0.4, -0.2) is 75.7 Å². The molecule has 8 heteroatoms. The highest BCUT2D eigenvalue weighted by molar-refractivity contribution is 5.96. The van der Waals surface area contributed by atoms with Crippen LogP contribution in [0.4, 0.5) is 0 Å². The lowest BCUT2D eigenvalue weighted by Crippen LogP contribution is -2.50. The van der Waals surface area contributed by atoms with Gasteiger partial charge in [-0.1, -0.05) is 0 Å². The summed E-state index contributed by atoms with van der Waals surface area (Å²) in [6.07, 6.45) is 0. The molecule has 8 nitrogen and oxygen atoms in total. The Hall–Kier alpha value is -3.42. The van der Waals surface area contributed by atoms with Gasteiger partial charge in [0.1, 0.15) is 11.5 Å². The molecule has 0 radical (unpaired) electrons. The Morgan fingerprint density at radius 3 is 1.77 bits per heavy atom. The zero-order valence-corrected chi connectivity index (χ0v) is 18.3.